The molecule has 2 N–H and O–H groups in total. The molecule has 0 aliphatic heterocycles. The van der Waals surface area contributed by atoms with Crippen molar-refractivity contribution in [3.63, 3.8) is 0 Å². The van der Waals surface area contributed by atoms with E-state index >= 15 is 0 Å². The van der Waals surface area contributed by atoms with E-state index in [1.54, 1.807) is 6.07 Å². The van der Waals surface area contributed by atoms with Crippen LogP contribution in [0.4, 0.5) is 4.39 Å². The molecule has 0 amide bonds. The van der Waals surface area contributed by atoms with E-state index in [2.05, 4.69) is 0 Å². The Morgan fingerprint density at radius 2 is 1.72 bits per heavy atom. The van der Waals surface area contributed by atoms with Gasteiger partial charge in [0.2, 0.25) is 0 Å². The van der Waals surface area contributed by atoms with Gasteiger partial charge in [0.15, 0.2) is 0 Å². The molecule has 0 saturated heterocycles. The predicted molar refractivity (Wildman–Crippen MR) is 72.8 cm³/mol. The van der Waals surface area contributed by atoms with Crippen molar-refractivity contribution in [2.24, 2.45) is 5.73 Å². The van der Waals surface area contributed by atoms with Gasteiger partial charge in [-0.3, -0.25) is 0 Å². The van der Waals surface area contributed by atoms with Crippen molar-refractivity contribution in [1.82, 2.24) is 0 Å². The summed E-state index contributed by atoms with van der Waals surface area (Å²) in [7, 11) is 0. The monoisotopic (exact) mass is 243 g/mol. The van der Waals surface area contributed by atoms with Crippen LogP contribution in [-0.4, -0.2) is 0 Å². The van der Waals surface area contributed by atoms with Crippen LogP contribution in [0, 0.1) is 12.7 Å². The molecule has 0 saturated carbocycles. The van der Waals surface area contributed by atoms with Gasteiger partial charge >= 0.3 is 0 Å². The second kappa shape index (κ2) is 4.91. The highest BCUT2D eigenvalue weighted by atomic mass is 19.1. The van der Waals surface area contributed by atoms with E-state index in [4.69, 9.17) is 5.73 Å². The first-order valence-electron chi connectivity index (χ1n) is 6.18. The third-order valence-electron chi connectivity index (χ3n) is 3.46. The van der Waals surface area contributed by atoms with Crippen LogP contribution < -0.4 is 5.73 Å². The zero-order chi connectivity index (χ0) is 13.2. The first-order valence-corrected chi connectivity index (χ1v) is 6.18. The van der Waals surface area contributed by atoms with E-state index in [1.165, 1.54) is 17.7 Å². The minimum Gasteiger partial charge on any atom is -0.318 e. The van der Waals surface area contributed by atoms with Crippen LogP contribution in [0.2, 0.25) is 0 Å². The van der Waals surface area contributed by atoms with Crippen LogP contribution >= 0.6 is 0 Å². The molecule has 0 heterocycles. The number of hydrogen-bond donors (Lipinski definition) is 1. The fourth-order valence-electron chi connectivity index (χ4n) is 2.19. The van der Waals surface area contributed by atoms with Crippen molar-refractivity contribution in [3.05, 3.63) is 71.0 Å². The molecular weight excluding hydrogens is 225 g/mol. The molecule has 2 heteroatoms. The molecule has 1 atom stereocenters. The van der Waals surface area contributed by atoms with Crippen molar-refractivity contribution >= 4 is 0 Å². The lowest BCUT2D eigenvalue weighted by molar-refractivity contribution is 0.512. The Balaban J connectivity index is 2.51. The standard InChI is InChI=1S/C16H18FN/c1-3-16(18,13-9-7-12(2)8-10-13)14-5-4-6-15(17)11-14/h4-11H,3,18H2,1-2H3. The van der Waals surface area contributed by atoms with Gasteiger partial charge in [0.1, 0.15) is 5.82 Å². The van der Waals surface area contributed by atoms with Crippen LogP contribution in [0.1, 0.15) is 30.0 Å². The average Bonchev–Trinajstić information content (AvgIpc) is 2.38. The quantitative estimate of drug-likeness (QED) is 0.873. The van der Waals surface area contributed by atoms with Crippen molar-refractivity contribution in [2.45, 2.75) is 25.8 Å². The number of rotatable bonds is 3. The maximum atomic E-state index is 13.4. The number of nitrogens with two attached hydrogens (primary N) is 1. The number of hydrogen-bond acceptors (Lipinski definition) is 1. The van der Waals surface area contributed by atoms with Crippen LogP contribution in [0.15, 0.2) is 48.5 Å². The Hall–Kier alpha value is -1.67. The van der Waals surface area contributed by atoms with E-state index in [9.17, 15) is 4.39 Å². The first kappa shape index (κ1) is 12.8. The van der Waals surface area contributed by atoms with E-state index in [-0.39, 0.29) is 5.82 Å². The molecule has 0 spiro atoms. The molecule has 94 valence electrons. The maximum absolute atomic E-state index is 13.4. The molecule has 18 heavy (non-hydrogen) atoms. The van der Waals surface area contributed by atoms with Crippen molar-refractivity contribution in [2.75, 3.05) is 0 Å². The van der Waals surface area contributed by atoms with E-state index in [1.807, 2.05) is 44.2 Å². The average molecular weight is 243 g/mol. The molecule has 2 rings (SSSR count). The minimum atomic E-state index is -0.629. The van der Waals surface area contributed by atoms with Gasteiger partial charge in [0.05, 0.1) is 5.54 Å². The van der Waals surface area contributed by atoms with Crippen molar-refractivity contribution in [1.29, 1.82) is 0 Å². The Kier molecular flexibility index (Phi) is 3.48. The van der Waals surface area contributed by atoms with Gasteiger partial charge in [-0.15, -0.1) is 0 Å². The van der Waals surface area contributed by atoms with Crippen LogP contribution in [0.3, 0.4) is 0 Å². The summed E-state index contributed by atoms with van der Waals surface area (Å²) in [6, 6.07) is 14.6. The van der Waals surface area contributed by atoms with Gasteiger partial charge in [-0.25, -0.2) is 4.39 Å². The van der Waals surface area contributed by atoms with E-state index in [0.29, 0.717) is 0 Å². The fraction of sp³-hybridized carbons (Fsp3) is 0.250. The maximum Gasteiger partial charge on any atom is 0.123 e. The highest BCUT2D eigenvalue weighted by molar-refractivity contribution is 5.38. The van der Waals surface area contributed by atoms with Gasteiger partial charge < -0.3 is 5.73 Å². The molecule has 1 nitrogen and oxygen atoms in total. The van der Waals surface area contributed by atoms with Gasteiger partial charge in [0, 0.05) is 0 Å². The van der Waals surface area contributed by atoms with E-state index in [0.717, 1.165) is 17.5 Å². The number of halogens is 1. The molecule has 0 aliphatic carbocycles. The molecule has 0 fully saturated rings. The summed E-state index contributed by atoms with van der Waals surface area (Å²) in [4.78, 5) is 0. The zero-order valence-corrected chi connectivity index (χ0v) is 10.8. The zero-order valence-electron chi connectivity index (χ0n) is 10.8. The van der Waals surface area contributed by atoms with Gasteiger partial charge in [-0.1, -0.05) is 48.9 Å². The summed E-state index contributed by atoms with van der Waals surface area (Å²) in [6.07, 6.45) is 0.722. The molecular formula is C16H18FN. The third kappa shape index (κ3) is 2.29. The molecule has 0 aliphatic rings. The van der Waals surface area contributed by atoms with Crippen LogP contribution in [0.25, 0.3) is 0 Å². The van der Waals surface area contributed by atoms with Crippen molar-refractivity contribution < 1.29 is 4.39 Å². The summed E-state index contributed by atoms with van der Waals surface area (Å²) in [6.45, 7) is 4.06. The summed E-state index contributed by atoms with van der Waals surface area (Å²) in [5.41, 5.74) is 8.88. The Morgan fingerprint density at radius 1 is 1.06 bits per heavy atom. The highest BCUT2D eigenvalue weighted by Crippen LogP contribution is 2.30. The fourth-order valence-corrected chi connectivity index (χ4v) is 2.19. The largest absolute Gasteiger partial charge is 0.318 e. The van der Waals surface area contributed by atoms with Gasteiger partial charge in [0.25, 0.3) is 0 Å². The summed E-state index contributed by atoms with van der Waals surface area (Å²) in [5, 5.41) is 0. The van der Waals surface area contributed by atoms with E-state index < -0.39 is 5.54 Å². The summed E-state index contributed by atoms with van der Waals surface area (Å²) in [5.74, 6) is -0.247. The summed E-state index contributed by atoms with van der Waals surface area (Å²) < 4.78 is 13.4. The topological polar surface area (TPSA) is 26.0 Å². The minimum absolute atomic E-state index is 0.247. The first-order chi connectivity index (χ1) is 8.56. The molecule has 2 aromatic carbocycles. The highest BCUT2D eigenvalue weighted by Gasteiger charge is 2.27. The third-order valence-corrected chi connectivity index (χ3v) is 3.46. The Morgan fingerprint density at radius 3 is 2.28 bits per heavy atom. The Labute approximate surface area is 107 Å². The smallest absolute Gasteiger partial charge is 0.123 e. The number of benzene rings is 2. The number of aryl methyl sites for hydroxylation is 1. The van der Waals surface area contributed by atoms with Gasteiger partial charge in [-0.2, -0.15) is 0 Å². The molecule has 0 bridgehead atoms. The van der Waals surface area contributed by atoms with Crippen LogP contribution in [0.5, 0.6) is 0 Å². The lowest BCUT2D eigenvalue weighted by Crippen LogP contribution is -2.37. The predicted octanol–water partition coefficient (Wildman–Crippen LogP) is 3.75. The molecule has 1 unspecified atom stereocenters. The van der Waals surface area contributed by atoms with Gasteiger partial charge in [-0.05, 0) is 36.6 Å². The SMILES string of the molecule is CCC(N)(c1ccc(C)cc1)c1cccc(F)c1. The normalized spacial score (nSPS) is 14.2. The molecule has 0 aromatic heterocycles. The lowest BCUT2D eigenvalue weighted by atomic mass is 9.81. The Bertz CT molecular complexity index is 533. The second-order valence-electron chi connectivity index (χ2n) is 4.70. The van der Waals surface area contributed by atoms with Crippen LogP contribution in [-0.2, 0) is 5.54 Å². The second-order valence-corrected chi connectivity index (χ2v) is 4.70. The molecule has 2 aromatic rings. The van der Waals surface area contributed by atoms with Crippen molar-refractivity contribution in [3.8, 4) is 0 Å². The summed E-state index contributed by atoms with van der Waals surface area (Å²) >= 11 is 0. The molecule has 0 radical (unpaired) electrons. The lowest BCUT2D eigenvalue weighted by Gasteiger charge is -2.29.